The third-order valence-corrected chi connectivity index (χ3v) is 8.67. The van der Waals surface area contributed by atoms with Crippen molar-refractivity contribution >= 4 is 33.9 Å². The van der Waals surface area contributed by atoms with Crippen LogP contribution in [-0.4, -0.2) is 80.6 Å². The van der Waals surface area contributed by atoms with Gasteiger partial charge in [-0.05, 0) is 49.1 Å². The first-order valence-electron chi connectivity index (χ1n) is 13.5. The lowest BCUT2D eigenvalue weighted by Gasteiger charge is -2.54. The van der Waals surface area contributed by atoms with Gasteiger partial charge in [0.05, 0.1) is 44.3 Å². The van der Waals surface area contributed by atoms with E-state index in [4.69, 9.17) is 16.0 Å². The van der Waals surface area contributed by atoms with Crippen molar-refractivity contribution in [1.82, 2.24) is 15.1 Å². The van der Waals surface area contributed by atoms with E-state index in [-0.39, 0.29) is 11.3 Å². The topological polar surface area (TPSA) is 78.3 Å². The van der Waals surface area contributed by atoms with Crippen molar-refractivity contribution in [2.45, 2.75) is 19.8 Å². The molecule has 0 aliphatic carbocycles. The molecule has 1 aromatic heterocycles. The minimum atomic E-state index is 0.0112. The van der Waals surface area contributed by atoms with Crippen LogP contribution in [0, 0.1) is 18.9 Å². The van der Waals surface area contributed by atoms with Crippen molar-refractivity contribution in [3.8, 4) is 16.9 Å². The van der Waals surface area contributed by atoms with Crippen LogP contribution in [0.1, 0.15) is 18.4 Å². The van der Waals surface area contributed by atoms with Crippen LogP contribution in [0.2, 0.25) is 0 Å². The van der Waals surface area contributed by atoms with Gasteiger partial charge in [0.15, 0.2) is 0 Å². The molecule has 0 unspecified atom stereocenters. The molecule has 3 aliphatic rings. The molecule has 3 aromatic rings. The van der Waals surface area contributed by atoms with E-state index in [9.17, 15) is 4.79 Å². The maximum Gasteiger partial charge on any atom is 0.245 e. The number of anilines is 2. The van der Waals surface area contributed by atoms with Crippen molar-refractivity contribution in [2.75, 3.05) is 69.4 Å². The lowest BCUT2D eigenvalue weighted by Crippen LogP contribution is -2.61. The predicted octanol–water partition coefficient (Wildman–Crippen LogP) is 4.55. The Bertz CT molecular complexity index is 1470. The third kappa shape index (κ3) is 4.20. The Morgan fingerprint density at radius 3 is 2.54 bits per heavy atom. The van der Waals surface area contributed by atoms with Gasteiger partial charge in [0, 0.05) is 61.3 Å². The number of nitrogens with one attached hydrogen (secondary N) is 1. The standard InChI is InChI=1S/C30H34N6O3/c1-5-25(37)36-18-30(19-36)8-10-34(11-9-30)23-16-24(35-12-14-39-15-13-35)29(38-4)27(28(23)31-3)26-20(2)6-7-22-21(26)17-32-33-22/h5-7,16-17H,1,8-15,18-19H2,2,4H3,(H,32,33). The molecule has 0 bridgehead atoms. The number of H-pyrrole nitrogens is 1. The minimum absolute atomic E-state index is 0.0112. The van der Waals surface area contributed by atoms with Gasteiger partial charge in [-0.1, -0.05) is 12.6 Å². The molecule has 3 saturated heterocycles. The van der Waals surface area contributed by atoms with Gasteiger partial charge in [-0.25, -0.2) is 4.85 Å². The third-order valence-electron chi connectivity index (χ3n) is 8.67. The number of carbonyl (C=O) groups excluding carboxylic acids is 1. The largest absolute Gasteiger partial charge is 0.495 e. The van der Waals surface area contributed by atoms with Crippen molar-refractivity contribution < 1.29 is 14.3 Å². The highest BCUT2D eigenvalue weighted by molar-refractivity contribution is 6.06. The first kappa shape index (κ1) is 25.3. The van der Waals surface area contributed by atoms with Crippen LogP contribution in [0.3, 0.4) is 0 Å². The quantitative estimate of drug-likeness (QED) is 0.388. The zero-order valence-corrected chi connectivity index (χ0v) is 22.6. The average Bonchev–Trinajstić information content (AvgIpc) is 3.44. The average molecular weight is 527 g/mol. The summed E-state index contributed by atoms with van der Waals surface area (Å²) < 4.78 is 11.8. The van der Waals surface area contributed by atoms with Crippen LogP contribution in [-0.2, 0) is 9.53 Å². The molecule has 0 atom stereocenters. The number of hydrogen-bond acceptors (Lipinski definition) is 6. The van der Waals surface area contributed by atoms with Crippen molar-refractivity contribution in [3.63, 3.8) is 0 Å². The number of likely N-dealkylation sites (tertiary alicyclic amines) is 1. The number of piperidine rings is 1. The van der Waals surface area contributed by atoms with E-state index in [1.807, 2.05) is 17.2 Å². The number of aromatic amines is 1. The number of aryl methyl sites for hydroxylation is 1. The fourth-order valence-corrected chi connectivity index (χ4v) is 6.50. The molecule has 1 N–H and O–H groups in total. The Kier molecular flexibility index (Phi) is 6.43. The molecule has 9 heteroatoms. The van der Waals surface area contributed by atoms with Crippen LogP contribution in [0.15, 0.2) is 37.1 Å². The van der Waals surface area contributed by atoms with Crippen molar-refractivity contribution in [2.24, 2.45) is 5.41 Å². The highest BCUT2D eigenvalue weighted by Gasteiger charge is 2.46. The zero-order chi connectivity index (χ0) is 27.1. The van der Waals surface area contributed by atoms with E-state index in [0.29, 0.717) is 18.9 Å². The predicted molar refractivity (Wildman–Crippen MR) is 153 cm³/mol. The molecule has 0 saturated carbocycles. The number of fused-ring (bicyclic) bond motifs is 1. The zero-order valence-electron chi connectivity index (χ0n) is 22.6. The smallest absolute Gasteiger partial charge is 0.245 e. The summed E-state index contributed by atoms with van der Waals surface area (Å²) in [5.41, 5.74) is 6.49. The van der Waals surface area contributed by atoms with Crippen LogP contribution in [0.4, 0.5) is 17.1 Å². The van der Waals surface area contributed by atoms with E-state index >= 15 is 0 Å². The number of carbonyl (C=O) groups is 1. The SMILES string of the molecule is [C-]#[N+]c1c(N2CCC3(CC2)CN(C(=O)C=C)C3)cc(N2CCOCC2)c(OC)c1-c1c(C)ccc2[nH]ncc12. The van der Waals surface area contributed by atoms with Gasteiger partial charge in [0.2, 0.25) is 11.6 Å². The van der Waals surface area contributed by atoms with Gasteiger partial charge >= 0.3 is 0 Å². The number of benzene rings is 2. The molecule has 202 valence electrons. The summed E-state index contributed by atoms with van der Waals surface area (Å²) in [5.74, 6) is 0.728. The van der Waals surface area contributed by atoms with E-state index in [0.717, 1.165) is 96.8 Å². The van der Waals surface area contributed by atoms with Gasteiger partial charge in [-0.3, -0.25) is 9.89 Å². The molecule has 3 aliphatic heterocycles. The molecule has 6 rings (SSSR count). The molecule has 2 aromatic carbocycles. The van der Waals surface area contributed by atoms with Gasteiger partial charge in [-0.15, -0.1) is 0 Å². The Morgan fingerprint density at radius 2 is 1.87 bits per heavy atom. The van der Waals surface area contributed by atoms with Crippen LogP contribution < -0.4 is 14.5 Å². The summed E-state index contributed by atoms with van der Waals surface area (Å²) in [5, 5.41) is 8.37. The normalized spacial score (nSPS) is 18.6. The number of nitrogens with zero attached hydrogens (tertiary/aromatic N) is 5. The molecule has 0 radical (unpaired) electrons. The second kappa shape index (κ2) is 9.93. The number of amides is 1. The molecule has 9 nitrogen and oxygen atoms in total. The summed E-state index contributed by atoms with van der Waals surface area (Å²) in [6, 6.07) is 6.25. The fraction of sp³-hybridized carbons (Fsp3) is 0.433. The van der Waals surface area contributed by atoms with Gasteiger partial charge in [-0.2, -0.15) is 5.10 Å². The first-order valence-corrected chi connectivity index (χ1v) is 13.5. The molecule has 1 amide bonds. The van der Waals surface area contributed by atoms with E-state index in [1.165, 1.54) is 6.08 Å². The number of rotatable bonds is 5. The number of ether oxygens (including phenoxy) is 2. The summed E-state index contributed by atoms with van der Waals surface area (Å²) in [7, 11) is 1.69. The summed E-state index contributed by atoms with van der Waals surface area (Å²) in [4.78, 5) is 22.7. The highest BCUT2D eigenvalue weighted by atomic mass is 16.5. The summed E-state index contributed by atoms with van der Waals surface area (Å²) in [6.45, 7) is 20.2. The molecule has 3 fully saturated rings. The Hall–Kier alpha value is -4.03. The first-order chi connectivity index (χ1) is 19.0. The van der Waals surface area contributed by atoms with Crippen molar-refractivity contribution in [1.29, 1.82) is 0 Å². The maximum atomic E-state index is 12.0. The summed E-state index contributed by atoms with van der Waals surface area (Å²) in [6.07, 6.45) is 5.20. The highest BCUT2D eigenvalue weighted by Crippen LogP contribution is 2.53. The van der Waals surface area contributed by atoms with Crippen LogP contribution in [0.5, 0.6) is 5.75 Å². The van der Waals surface area contributed by atoms with Gasteiger partial charge < -0.3 is 24.2 Å². The second-order valence-electron chi connectivity index (χ2n) is 10.9. The Labute approximate surface area is 228 Å². The van der Waals surface area contributed by atoms with Gasteiger partial charge in [0.25, 0.3) is 0 Å². The van der Waals surface area contributed by atoms with Gasteiger partial charge in [0.1, 0.15) is 5.75 Å². The van der Waals surface area contributed by atoms with E-state index in [1.54, 1.807) is 7.11 Å². The molecular weight excluding hydrogens is 492 g/mol. The van der Waals surface area contributed by atoms with Crippen LogP contribution >= 0.6 is 0 Å². The molecule has 1 spiro atoms. The monoisotopic (exact) mass is 526 g/mol. The number of aromatic nitrogens is 2. The minimum Gasteiger partial charge on any atom is -0.495 e. The van der Waals surface area contributed by atoms with Crippen molar-refractivity contribution in [3.05, 3.63) is 54.0 Å². The Morgan fingerprint density at radius 1 is 1.15 bits per heavy atom. The number of morpholine rings is 1. The number of methoxy groups -OCH3 is 1. The molecular formula is C30H34N6O3. The molecule has 39 heavy (non-hydrogen) atoms. The maximum absolute atomic E-state index is 12.0. The lowest BCUT2D eigenvalue weighted by atomic mass is 9.72. The lowest BCUT2D eigenvalue weighted by molar-refractivity contribution is -0.139. The fourth-order valence-electron chi connectivity index (χ4n) is 6.50. The Balaban J connectivity index is 1.46. The number of hydrogen-bond donors (Lipinski definition) is 1. The summed E-state index contributed by atoms with van der Waals surface area (Å²) >= 11 is 0. The molecule has 4 heterocycles. The second-order valence-corrected chi connectivity index (χ2v) is 10.9. The van der Waals surface area contributed by atoms with E-state index < -0.39 is 0 Å². The van der Waals surface area contributed by atoms with Crippen LogP contribution in [0.25, 0.3) is 26.9 Å². The van der Waals surface area contributed by atoms with E-state index in [2.05, 4.69) is 50.5 Å².